The second kappa shape index (κ2) is 9.13. The molecule has 1 fully saturated rings. The highest BCUT2D eigenvalue weighted by Crippen LogP contribution is 2.25. The first-order chi connectivity index (χ1) is 13.0. The number of esters is 1. The van der Waals surface area contributed by atoms with Gasteiger partial charge >= 0.3 is 5.97 Å². The number of hydrogen-bond acceptors (Lipinski definition) is 5. The summed E-state index contributed by atoms with van der Waals surface area (Å²) in [5.41, 5.74) is 2.90. The first-order valence-electron chi connectivity index (χ1n) is 9.47. The molecule has 3 rings (SSSR count). The molecule has 0 saturated heterocycles. The molecule has 0 spiro atoms. The Balaban J connectivity index is 1.45. The zero-order chi connectivity index (χ0) is 19.2. The van der Waals surface area contributed by atoms with Crippen molar-refractivity contribution in [2.75, 3.05) is 6.61 Å². The van der Waals surface area contributed by atoms with Crippen molar-refractivity contribution in [1.29, 1.82) is 0 Å². The lowest BCUT2D eigenvalue weighted by Gasteiger charge is -2.29. The van der Waals surface area contributed by atoms with Gasteiger partial charge in [0.25, 0.3) is 5.91 Å². The van der Waals surface area contributed by atoms with Gasteiger partial charge in [-0.1, -0.05) is 49.6 Å². The van der Waals surface area contributed by atoms with E-state index in [0.717, 1.165) is 29.8 Å². The topological polar surface area (TPSA) is 68.3 Å². The van der Waals surface area contributed by atoms with E-state index in [9.17, 15) is 9.59 Å². The van der Waals surface area contributed by atoms with Crippen molar-refractivity contribution in [3.8, 4) is 10.6 Å². The lowest BCUT2D eigenvalue weighted by atomic mass is 9.86. The number of ether oxygens (including phenoxy) is 1. The fraction of sp³-hybridized carbons (Fsp3) is 0.476. The number of nitrogens with zero attached hydrogens (tertiary/aromatic N) is 1. The van der Waals surface area contributed by atoms with E-state index in [4.69, 9.17) is 4.74 Å². The number of aromatic nitrogens is 1. The molecule has 27 heavy (non-hydrogen) atoms. The van der Waals surface area contributed by atoms with Crippen LogP contribution in [0.4, 0.5) is 0 Å². The van der Waals surface area contributed by atoms with Gasteiger partial charge in [-0.25, -0.2) is 4.98 Å². The predicted molar refractivity (Wildman–Crippen MR) is 107 cm³/mol. The van der Waals surface area contributed by atoms with Crippen molar-refractivity contribution < 1.29 is 14.3 Å². The van der Waals surface area contributed by atoms with E-state index in [2.05, 4.69) is 17.2 Å². The summed E-state index contributed by atoms with van der Waals surface area (Å²) in [6, 6.07) is 8.31. The molecule has 144 valence electrons. The van der Waals surface area contributed by atoms with E-state index in [1.165, 1.54) is 23.3 Å². The first-order valence-corrected chi connectivity index (χ1v) is 10.4. The predicted octanol–water partition coefficient (Wildman–Crippen LogP) is 3.90. The largest absolute Gasteiger partial charge is 0.455 e. The first kappa shape index (κ1) is 19.5. The molecule has 2 aromatic rings. The van der Waals surface area contributed by atoms with E-state index in [1.54, 1.807) is 0 Å². The molecule has 1 aliphatic rings. The molecule has 0 unspecified atom stereocenters. The van der Waals surface area contributed by atoms with E-state index in [0.29, 0.717) is 11.6 Å². The average molecular weight is 387 g/mol. The molecule has 1 aromatic heterocycles. The van der Waals surface area contributed by atoms with Crippen molar-refractivity contribution in [2.24, 2.45) is 5.92 Å². The molecule has 2 atom stereocenters. The minimum atomic E-state index is -0.428. The van der Waals surface area contributed by atoms with Crippen LogP contribution in [-0.4, -0.2) is 29.5 Å². The fourth-order valence-corrected chi connectivity index (χ4v) is 4.17. The second-order valence-electron chi connectivity index (χ2n) is 7.28. The van der Waals surface area contributed by atoms with Crippen LogP contribution in [0.1, 0.15) is 43.9 Å². The lowest BCUT2D eigenvalue weighted by molar-refractivity contribution is -0.148. The summed E-state index contributed by atoms with van der Waals surface area (Å²) in [5.74, 6) is -0.170. The van der Waals surface area contributed by atoms with Crippen LogP contribution in [0.25, 0.3) is 10.6 Å². The Morgan fingerprint density at radius 2 is 1.96 bits per heavy atom. The van der Waals surface area contributed by atoms with Crippen LogP contribution < -0.4 is 5.32 Å². The lowest BCUT2D eigenvalue weighted by Crippen LogP contribution is -2.42. The van der Waals surface area contributed by atoms with E-state index >= 15 is 0 Å². The molecule has 1 heterocycles. The Kier molecular flexibility index (Phi) is 6.61. The molecule has 1 N–H and O–H groups in total. The molecule has 1 aliphatic carbocycles. The van der Waals surface area contributed by atoms with Gasteiger partial charge in [0.15, 0.2) is 6.61 Å². The number of hydrogen-bond donors (Lipinski definition) is 1. The Labute approximate surface area is 164 Å². The van der Waals surface area contributed by atoms with E-state index in [-0.39, 0.29) is 25.0 Å². The third-order valence-corrected chi connectivity index (χ3v) is 5.94. The summed E-state index contributed by atoms with van der Waals surface area (Å²) in [6.07, 6.45) is 4.58. The molecule has 1 aromatic carbocycles. The zero-order valence-corrected chi connectivity index (χ0v) is 16.7. The van der Waals surface area contributed by atoms with Crippen molar-refractivity contribution >= 4 is 23.2 Å². The van der Waals surface area contributed by atoms with Gasteiger partial charge < -0.3 is 10.1 Å². The highest BCUT2D eigenvalue weighted by molar-refractivity contribution is 7.13. The molecule has 5 nitrogen and oxygen atoms in total. The summed E-state index contributed by atoms with van der Waals surface area (Å²) in [4.78, 5) is 28.6. The Bertz CT molecular complexity index is 785. The molecule has 0 radical (unpaired) electrons. The van der Waals surface area contributed by atoms with Gasteiger partial charge in [0, 0.05) is 17.0 Å². The SMILES string of the molecule is Cc1ccc(-c2nc(CC(=O)OCC(=O)N[C@@H]3CCCC[C@H]3C)cs2)cc1. The van der Waals surface area contributed by atoms with Crippen molar-refractivity contribution in [3.05, 3.63) is 40.9 Å². The van der Waals surface area contributed by atoms with Gasteiger partial charge in [0.1, 0.15) is 5.01 Å². The van der Waals surface area contributed by atoms with Crippen molar-refractivity contribution in [1.82, 2.24) is 10.3 Å². The monoisotopic (exact) mass is 386 g/mol. The summed E-state index contributed by atoms with van der Waals surface area (Å²) < 4.78 is 5.13. The molecule has 1 amide bonds. The number of carbonyl (C=O) groups is 2. The molecule has 0 bridgehead atoms. The summed E-state index contributed by atoms with van der Waals surface area (Å²) in [6.45, 7) is 3.97. The average Bonchev–Trinajstić information content (AvgIpc) is 3.11. The minimum absolute atomic E-state index is 0.0788. The number of benzene rings is 1. The maximum absolute atomic E-state index is 12.0. The van der Waals surface area contributed by atoms with Crippen LogP contribution in [0.2, 0.25) is 0 Å². The molecule has 6 heteroatoms. The number of carbonyl (C=O) groups excluding carboxylic acids is 2. The third kappa shape index (κ3) is 5.63. The van der Waals surface area contributed by atoms with Gasteiger partial charge in [-0.3, -0.25) is 9.59 Å². The number of aryl methyl sites for hydroxylation is 1. The number of amides is 1. The van der Waals surface area contributed by atoms with E-state index in [1.807, 2.05) is 36.6 Å². The fourth-order valence-electron chi connectivity index (χ4n) is 3.34. The van der Waals surface area contributed by atoms with Gasteiger partial charge in [0.2, 0.25) is 0 Å². The van der Waals surface area contributed by atoms with Crippen LogP contribution in [0, 0.1) is 12.8 Å². The van der Waals surface area contributed by atoms with Crippen LogP contribution >= 0.6 is 11.3 Å². The summed E-state index contributed by atoms with van der Waals surface area (Å²) >= 11 is 1.50. The normalized spacial score (nSPS) is 19.5. The van der Waals surface area contributed by atoms with Crippen LogP contribution in [-0.2, 0) is 20.7 Å². The summed E-state index contributed by atoms with van der Waals surface area (Å²) in [5, 5.41) is 5.73. The molecule has 1 saturated carbocycles. The maximum Gasteiger partial charge on any atom is 0.312 e. The molecular formula is C21H26N2O3S. The van der Waals surface area contributed by atoms with Gasteiger partial charge in [-0.05, 0) is 25.7 Å². The summed E-state index contributed by atoms with van der Waals surface area (Å²) in [7, 11) is 0. The minimum Gasteiger partial charge on any atom is -0.455 e. The van der Waals surface area contributed by atoms with Crippen molar-refractivity contribution in [2.45, 2.75) is 52.0 Å². The highest BCUT2D eigenvalue weighted by atomic mass is 32.1. The second-order valence-corrected chi connectivity index (χ2v) is 8.14. The molecular weight excluding hydrogens is 360 g/mol. The van der Waals surface area contributed by atoms with Gasteiger partial charge in [-0.15, -0.1) is 11.3 Å². The van der Waals surface area contributed by atoms with Crippen LogP contribution in [0.15, 0.2) is 29.6 Å². The number of nitrogens with one attached hydrogen (secondary N) is 1. The number of thiazole rings is 1. The third-order valence-electron chi connectivity index (χ3n) is 5.00. The van der Waals surface area contributed by atoms with E-state index < -0.39 is 5.97 Å². The van der Waals surface area contributed by atoms with Gasteiger partial charge in [-0.2, -0.15) is 0 Å². The van der Waals surface area contributed by atoms with Crippen LogP contribution in [0.3, 0.4) is 0 Å². The van der Waals surface area contributed by atoms with Crippen LogP contribution in [0.5, 0.6) is 0 Å². The van der Waals surface area contributed by atoms with Gasteiger partial charge in [0.05, 0.1) is 12.1 Å². The molecule has 0 aliphatic heterocycles. The van der Waals surface area contributed by atoms with Crippen molar-refractivity contribution in [3.63, 3.8) is 0 Å². The highest BCUT2D eigenvalue weighted by Gasteiger charge is 2.23. The Morgan fingerprint density at radius 3 is 2.70 bits per heavy atom. The zero-order valence-electron chi connectivity index (χ0n) is 15.9. The maximum atomic E-state index is 12.0. The standard InChI is InChI=1S/C21H26N2O3S/c1-14-7-9-16(10-8-14)21-22-17(13-27-21)11-20(25)26-12-19(24)23-18-6-4-3-5-15(18)2/h7-10,13,15,18H,3-6,11-12H2,1-2H3,(H,23,24)/t15-,18-/m1/s1. The smallest absolute Gasteiger partial charge is 0.312 e. The Hall–Kier alpha value is -2.21. The Morgan fingerprint density at radius 1 is 1.22 bits per heavy atom. The number of rotatable bonds is 6. The quantitative estimate of drug-likeness (QED) is 0.765.